The first-order valence-corrected chi connectivity index (χ1v) is 11.7. The van der Waals surface area contributed by atoms with Gasteiger partial charge in [-0.2, -0.15) is 4.39 Å². The topological polar surface area (TPSA) is 285 Å². The molecule has 1 aromatic rings. The monoisotopic (exact) mass is 594 g/mol. The van der Waals surface area contributed by atoms with E-state index in [1.54, 1.807) is 0 Å². The Morgan fingerprint density at radius 1 is 1.26 bits per heavy atom. The number of rotatable bonds is 10. The van der Waals surface area contributed by atoms with E-state index in [0.29, 0.717) is 10.8 Å². The van der Waals surface area contributed by atoms with Crippen molar-refractivity contribution in [2.75, 3.05) is 6.61 Å². The van der Waals surface area contributed by atoms with Crippen molar-refractivity contribution in [3.8, 4) is 0 Å². The summed E-state index contributed by atoms with van der Waals surface area (Å²) in [6, 6.07) is 0. The van der Waals surface area contributed by atoms with Crippen molar-refractivity contribution in [3.05, 3.63) is 28.2 Å². The normalized spacial score (nSPS) is 25.1. The van der Waals surface area contributed by atoms with Crippen LogP contribution < -0.4 is 115 Å². The molecular weight excluding hydrogens is 583 g/mol. The van der Waals surface area contributed by atoms with Gasteiger partial charge in [-0.3, -0.25) is 23.3 Å². The van der Waals surface area contributed by atoms with Crippen molar-refractivity contribution < 1.29 is 159 Å². The van der Waals surface area contributed by atoms with E-state index in [1.165, 1.54) is 0 Å². The summed E-state index contributed by atoms with van der Waals surface area (Å²) in [5.74, 6) is -2.77. The van der Waals surface area contributed by atoms with Crippen LogP contribution in [0.3, 0.4) is 0 Å². The Bertz CT molecular complexity index is 1060. The fraction of sp³-hybridized carbons (Fsp3) is 0.500. The third-order valence-electron chi connectivity index (χ3n) is 3.55. The van der Waals surface area contributed by atoms with E-state index in [4.69, 9.17) is 10.5 Å². The number of aliphatic hydroxyl groups excluding tert-OH is 2. The molecule has 0 radical (unpaired) electrons. The number of nitrogens with two attached hydrogens (primary N) is 1. The molecule has 7 atom stereocenters. The average Bonchev–Trinajstić information content (AvgIpc) is 2.94. The largest absolute Gasteiger partial charge is 1.00 e. The fourth-order valence-corrected chi connectivity index (χ4v) is 4.90. The van der Waals surface area contributed by atoms with Crippen molar-refractivity contribution in [3.63, 3.8) is 0 Å². The quantitative estimate of drug-likeness (QED) is 0.0981. The van der Waals surface area contributed by atoms with Crippen LogP contribution in [0.25, 0.3) is 0 Å². The van der Waals surface area contributed by atoms with Crippen molar-refractivity contribution >= 4 is 29.8 Å². The first-order chi connectivity index (χ1) is 14.7. The Balaban J connectivity index is 0. The maximum Gasteiger partial charge on any atom is 1.00 e. The summed E-state index contributed by atoms with van der Waals surface area (Å²) in [4.78, 5) is 48.2. The van der Waals surface area contributed by atoms with Crippen LogP contribution >= 0.6 is 23.9 Å². The van der Waals surface area contributed by atoms with E-state index in [2.05, 4.69) is 22.8 Å². The molecule has 1 aromatic heterocycles. The molecule has 2 heterocycles. The van der Waals surface area contributed by atoms with Gasteiger partial charge in [-0.15, -0.1) is 4.52 Å². The van der Waals surface area contributed by atoms with Crippen LogP contribution in [0.15, 0.2) is 11.0 Å². The Labute approximate surface area is 261 Å². The third-order valence-corrected chi connectivity index (χ3v) is 7.02. The predicted octanol–water partition coefficient (Wildman–Crippen LogP) is -13.0. The fourth-order valence-electron chi connectivity index (χ4n) is 2.32. The van der Waals surface area contributed by atoms with E-state index in [1.807, 2.05) is 0 Å². The number of hydrogen-bond acceptors (Lipinski definition) is 16. The van der Waals surface area contributed by atoms with Crippen molar-refractivity contribution in [2.24, 2.45) is 5.73 Å². The van der Waals surface area contributed by atoms with Gasteiger partial charge in [0.2, 0.25) is 5.95 Å². The summed E-state index contributed by atoms with van der Waals surface area (Å²) < 4.78 is 66.2. The van der Waals surface area contributed by atoms with Gasteiger partial charge in [-0.05, 0) is 4.31 Å². The molecule has 18 nitrogen and oxygen atoms in total. The number of carbonyl (C=O) groups is 1. The molecule has 0 bridgehead atoms. The van der Waals surface area contributed by atoms with Crippen molar-refractivity contribution in [1.29, 1.82) is 0 Å². The SMILES string of the molecule is NC(=O)c1nc(F)cn([C@@H]2O[C@H](CO[P+](=O)OP(=O)([O-])OP(=O)([O-])O[O-])[C@@H](O)[C@H]2O)c1=O.[Na+].[Na+].[Na+]. The van der Waals surface area contributed by atoms with Gasteiger partial charge in [-0.25, -0.2) is 9.29 Å². The second kappa shape index (κ2) is 15.9. The summed E-state index contributed by atoms with van der Waals surface area (Å²) in [5.41, 5.74) is 2.56. The van der Waals surface area contributed by atoms with Crippen molar-refractivity contribution in [2.45, 2.75) is 24.5 Å². The van der Waals surface area contributed by atoms with Crippen molar-refractivity contribution in [1.82, 2.24) is 9.55 Å². The minimum atomic E-state index is -5.91. The maximum absolute atomic E-state index is 13.6. The Hall–Kier alpha value is 1.44. The number of nitrogens with zero attached hydrogens (tertiary/aromatic N) is 2. The summed E-state index contributed by atoms with van der Waals surface area (Å²) >= 11 is 0. The van der Waals surface area contributed by atoms with Gasteiger partial charge in [0, 0.05) is 4.57 Å². The van der Waals surface area contributed by atoms with Crippen LogP contribution in [-0.2, 0) is 36.3 Å². The second-order valence-corrected chi connectivity index (χ2v) is 9.64. The third kappa shape index (κ3) is 10.8. The van der Waals surface area contributed by atoms with Crippen LogP contribution in [0.2, 0.25) is 0 Å². The number of carbonyl (C=O) groups excluding carboxylic acids is 1. The van der Waals surface area contributed by atoms with Gasteiger partial charge in [0.1, 0.15) is 24.9 Å². The van der Waals surface area contributed by atoms with Crippen LogP contribution in [-0.4, -0.2) is 50.6 Å². The van der Waals surface area contributed by atoms with Gasteiger partial charge >= 0.3 is 105 Å². The molecule has 35 heavy (non-hydrogen) atoms. The molecule has 1 amide bonds. The first kappa shape index (κ1) is 38.6. The van der Waals surface area contributed by atoms with E-state index in [-0.39, 0.29) is 88.7 Å². The number of hydrogen-bond donors (Lipinski definition) is 3. The van der Waals surface area contributed by atoms with Gasteiger partial charge in [0.15, 0.2) is 11.9 Å². The average molecular weight is 594 g/mol. The first-order valence-electron chi connectivity index (χ1n) is 7.72. The second-order valence-electron chi connectivity index (χ2n) is 5.69. The van der Waals surface area contributed by atoms with Crippen LogP contribution in [0.1, 0.15) is 16.7 Å². The van der Waals surface area contributed by atoms with E-state index in [9.17, 15) is 52.9 Å². The summed E-state index contributed by atoms with van der Waals surface area (Å²) in [5, 5.41) is 29.8. The Morgan fingerprint density at radius 3 is 2.34 bits per heavy atom. The predicted molar refractivity (Wildman–Crippen MR) is 84.9 cm³/mol. The summed E-state index contributed by atoms with van der Waals surface area (Å²) in [6.07, 6.45) is -6.88. The molecule has 25 heteroatoms. The zero-order valence-electron chi connectivity index (χ0n) is 18.0. The van der Waals surface area contributed by atoms with Gasteiger partial charge in [0.25, 0.3) is 19.3 Å². The summed E-state index contributed by atoms with van der Waals surface area (Å²) in [6.45, 7) is -0.998. The number of phosphoric acid groups is 2. The number of aliphatic hydroxyl groups is 2. The number of primary amides is 1. The maximum atomic E-state index is 13.6. The molecule has 0 aliphatic carbocycles. The van der Waals surface area contributed by atoms with E-state index in [0.717, 1.165) is 0 Å². The molecule has 3 unspecified atom stereocenters. The zero-order valence-corrected chi connectivity index (χ0v) is 26.7. The van der Waals surface area contributed by atoms with E-state index >= 15 is 0 Å². The van der Waals surface area contributed by atoms with Gasteiger partial charge < -0.3 is 40.4 Å². The molecule has 0 aromatic carbocycles. The minimum Gasteiger partial charge on any atom is -0.756 e. The molecule has 1 saturated heterocycles. The molecule has 1 fully saturated rings. The Morgan fingerprint density at radius 2 is 1.83 bits per heavy atom. The molecule has 2 rings (SSSR count). The Kier molecular flexibility index (Phi) is 17.5. The molecule has 1 aliphatic rings. The molecule has 0 spiro atoms. The van der Waals surface area contributed by atoms with Gasteiger partial charge in [-0.1, -0.05) is 0 Å². The number of amides is 1. The molecule has 4 N–H and O–H groups in total. The minimum absolute atomic E-state index is 0. The molecule has 1 aliphatic heterocycles. The smallest absolute Gasteiger partial charge is 0.756 e. The van der Waals surface area contributed by atoms with Crippen LogP contribution in [0.4, 0.5) is 4.39 Å². The molecular formula is C10H11FN3Na3O15P3+. The number of halogens is 1. The van der Waals surface area contributed by atoms with Crippen LogP contribution in [0, 0.1) is 5.95 Å². The van der Waals surface area contributed by atoms with E-state index < -0.39 is 78.2 Å². The molecule has 180 valence electrons. The standard InChI is InChI=1S/C10H13FN3O15P3.3Na/c11-4-1-14(9(18)5(13-4)8(12)17)10-7(16)6(15)3(26-10)2-25-30(20)28-32(23,24)29-31(21,22)27-19;;;/h1,3,6-7,10,15-16H,2H2,(H4-,12,17,19,21,22,23,24);;;/q;3*+1/p-2/t3-,6-,7-,10-;;;/m1.../s1. The van der Waals surface area contributed by atoms with Gasteiger partial charge in [0.05, 0.1) is 6.20 Å². The number of ether oxygens (including phenoxy) is 1. The van der Waals surface area contributed by atoms with Crippen LogP contribution in [0.5, 0.6) is 0 Å². The number of aromatic nitrogens is 2. The zero-order chi connectivity index (χ0) is 24.4. The summed E-state index contributed by atoms with van der Waals surface area (Å²) in [7, 11) is -15.5. The molecule has 0 saturated carbocycles.